The molecule has 0 saturated carbocycles. The van der Waals surface area contributed by atoms with Crippen LogP contribution in [0.2, 0.25) is 0 Å². The maximum absolute atomic E-state index is 13.2. The van der Waals surface area contributed by atoms with E-state index >= 15 is 0 Å². The number of benzene rings is 1. The van der Waals surface area contributed by atoms with Crippen LogP contribution in [0.25, 0.3) is 0 Å². The lowest BCUT2D eigenvalue weighted by atomic mass is 10.2. The van der Waals surface area contributed by atoms with E-state index < -0.39 is 11.7 Å². The molecule has 0 fully saturated rings. The van der Waals surface area contributed by atoms with Crippen molar-refractivity contribution in [2.24, 2.45) is 0 Å². The van der Waals surface area contributed by atoms with Crippen LogP contribution in [-0.2, 0) is 0 Å². The van der Waals surface area contributed by atoms with Crippen molar-refractivity contribution in [1.29, 1.82) is 0 Å². The Morgan fingerprint density at radius 3 is 2.82 bits per heavy atom. The summed E-state index contributed by atoms with van der Waals surface area (Å²) >= 11 is 3.02. The molecule has 0 aliphatic heterocycles. The first-order valence-electron chi connectivity index (χ1n) is 4.69. The Morgan fingerprint density at radius 1 is 1.35 bits per heavy atom. The molecule has 1 heterocycles. The van der Waals surface area contributed by atoms with Crippen LogP contribution < -0.4 is 5.32 Å². The van der Waals surface area contributed by atoms with Crippen molar-refractivity contribution in [1.82, 2.24) is 9.97 Å². The van der Waals surface area contributed by atoms with Gasteiger partial charge in [0.25, 0.3) is 5.91 Å². The van der Waals surface area contributed by atoms with Gasteiger partial charge in [-0.3, -0.25) is 9.78 Å². The third kappa shape index (κ3) is 2.85. The normalized spacial score (nSPS) is 10.0. The topological polar surface area (TPSA) is 54.9 Å². The molecule has 0 unspecified atom stereocenters. The Labute approximate surface area is 105 Å². The van der Waals surface area contributed by atoms with E-state index in [1.54, 1.807) is 0 Å². The van der Waals surface area contributed by atoms with Gasteiger partial charge in [-0.15, -0.1) is 0 Å². The van der Waals surface area contributed by atoms with Crippen LogP contribution in [0.15, 0.2) is 41.3 Å². The summed E-state index contributed by atoms with van der Waals surface area (Å²) in [7, 11) is 0. The highest BCUT2D eigenvalue weighted by Gasteiger charge is 2.09. The van der Waals surface area contributed by atoms with E-state index in [1.807, 2.05) is 0 Å². The summed E-state index contributed by atoms with van der Waals surface area (Å²) in [4.78, 5) is 19.4. The van der Waals surface area contributed by atoms with Gasteiger partial charge in [0, 0.05) is 18.0 Å². The Hall–Kier alpha value is -1.82. The second-order valence-corrected chi connectivity index (χ2v) is 4.03. The van der Waals surface area contributed by atoms with Crippen LogP contribution in [0.1, 0.15) is 10.4 Å². The molecule has 0 radical (unpaired) electrons. The van der Waals surface area contributed by atoms with Crippen molar-refractivity contribution < 1.29 is 9.18 Å². The van der Waals surface area contributed by atoms with Gasteiger partial charge < -0.3 is 5.32 Å². The van der Waals surface area contributed by atoms with Gasteiger partial charge in [0.15, 0.2) is 5.82 Å². The zero-order valence-electron chi connectivity index (χ0n) is 8.52. The molecule has 1 aromatic carbocycles. The SMILES string of the molecule is O=C(Nc1cnccn1)c1ccc(Br)c(F)c1. The first-order valence-corrected chi connectivity index (χ1v) is 5.48. The van der Waals surface area contributed by atoms with Crippen LogP contribution in [0.4, 0.5) is 10.2 Å². The van der Waals surface area contributed by atoms with Crippen LogP contribution in [0.3, 0.4) is 0 Å². The lowest BCUT2D eigenvalue weighted by molar-refractivity contribution is 0.102. The smallest absolute Gasteiger partial charge is 0.256 e. The molecule has 1 N–H and O–H groups in total. The number of nitrogens with one attached hydrogen (secondary N) is 1. The van der Waals surface area contributed by atoms with Gasteiger partial charge in [-0.25, -0.2) is 9.37 Å². The predicted molar refractivity (Wildman–Crippen MR) is 64.1 cm³/mol. The van der Waals surface area contributed by atoms with Gasteiger partial charge in [-0.1, -0.05) is 0 Å². The number of hydrogen-bond acceptors (Lipinski definition) is 3. The van der Waals surface area contributed by atoms with Crippen LogP contribution >= 0.6 is 15.9 Å². The van der Waals surface area contributed by atoms with Crippen molar-refractivity contribution in [3.05, 3.63) is 52.6 Å². The first-order chi connectivity index (χ1) is 8.16. The summed E-state index contributed by atoms with van der Waals surface area (Å²) in [5, 5.41) is 2.51. The van der Waals surface area contributed by atoms with E-state index in [0.29, 0.717) is 10.3 Å². The second-order valence-electron chi connectivity index (χ2n) is 3.17. The molecule has 0 aliphatic carbocycles. The third-order valence-electron chi connectivity index (χ3n) is 1.99. The molecular weight excluding hydrogens is 289 g/mol. The Kier molecular flexibility index (Phi) is 3.43. The summed E-state index contributed by atoms with van der Waals surface area (Å²) in [6.45, 7) is 0. The number of rotatable bonds is 2. The zero-order valence-corrected chi connectivity index (χ0v) is 10.1. The number of aromatic nitrogens is 2. The minimum Gasteiger partial charge on any atom is -0.305 e. The molecule has 2 rings (SSSR count). The van der Waals surface area contributed by atoms with Crippen molar-refractivity contribution in [2.75, 3.05) is 5.32 Å². The van der Waals surface area contributed by atoms with Crippen molar-refractivity contribution in [2.45, 2.75) is 0 Å². The Balaban J connectivity index is 2.18. The largest absolute Gasteiger partial charge is 0.305 e. The molecule has 6 heteroatoms. The molecule has 86 valence electrons. The monoisotopic (exact) mass is 295 g/mol. The quantitative estimate of drug-likeness (QED) is 0.927. The maximum atomic E-state index is 13.2. The van der Waals surface area contributed by atoms with Gasteiger partial charge in [-0.2, -0.15) is 0 Å². The highest BCUT2D eigenvalue weighted by atomic mass is 79.9. The summed E-state index contributed by atoms with van der Waals surface area (Å²) in [5.41, 5.74) is 0.219. The molecule has 2 aromatic rings. The zero-order chi connectivity index (χ0) is 12.3. The highest BCUT2D eigenvalue weighted by Crippen LogP contribution is 2.16. The van der Waals surface area contributed by atoms with Crippen LogP contribution in [0.5, 0.6) is 0 Å². The Morgan fingerprint density at radius 2 is 2.18 bits per heavy atom. The standard InChI is InChI=1S/C11H7BrFN3O/c12-8-2-1-7(5-9(8)13)11(17)16-10-6-14-3-4-15-10/h1-6H,(H,15,16,17). The lowest BCUT2D eigenvalue weighted by Crippen LogP contribution is -2.13. The van der Waals surface area contributed by atoms with Crippen LogP contribution in [0, 0.1) is 5.82 Å². The van der Waals surface area contributed by atoms with E-state index in [9.17, 15) is 9.18 Å². The molecule has 0 saturated heterocycles. The number of carbonyl (C=O) groups is 1. The molecule has 1 amide bonds. The first kappa shape index (κ1) is 11.7. The molecular formula is C11H7BrFN3O. The molecule has 1 aromatic heterocycles. The number of halogens is 2. The fourth-order valence-electron chi connectivity index (χ4n) is 1.19. The number of anilines is 1. The van der Waals surface area contributed by atoms with Gasteiger partial charge in [0.05, 0.1) is 10.7 Å². The summed E-state index contributed by atoms with van der Waals surface area (Å²) in [5.74, 6) is -0.602. The van der Waals surface area contributed by atoms with E-state index in [4.69, 9.17) is 0 Å². The molecule has 17 heavy (non-hydrogen) atoms. The number of carbonyl (C=O) groups excluding carboxylic acids is 1. The lowest BCUT2D eigenvalue weighted by Gasteiger charge is -2.04. The third-order valence-corrected chi connectivity index (χ3v) is 2.63. The minimum absolute atomic E-state index is 0.219. The number of amides is 1. The van der Waals surface area contributed by atoms with Crippen LogP contribution in [-0.4, -0.2) is 15.9 Å². The summed E-state index contributed by atoms with van der Waals surface area (Å²) in [6.07, 6.45) is 4.36. The van der Waals surface area contributed by atoms with E-state index in [2.05, 4.69) is 31.2 Å². The second kappa shape index (κ2) is 5.01. The van der Waals surface area contributed by atoms with Crippen molar-refractivity contribution in [3.8, 4) is 0 Å². The average Bonchev–Trinajstić information content (AvgIpc) is 2.34. The van der Waals surface area contributed by atoms with Crippen molar-refractivity contribution >= 4 is 27.7 Å². The highest BCUT2D eigenvalue weighted by molar-refractivity contribution is 9.10. The van der Waals surface area contributed by atoms with E-state index in [-0.39, 0.29) is 5.56 Å². The molecule has 0 atom stereocenters. The fraction of sp³-hybridized carbons (Fsp3) is 0. The molecule has 4 nitrogen and oxygen atoms in total. The fourth-order valence-corrected chi connectivity index (χ4v) is 1.44. The van der Waals surface area contributed by atoms with E-state index in [1.165, 1.54) is 30.7 Å². The van der Waals surface area contributed by atoms with Gasteiger partial charge in [-0.05, 0) is 34.1 Å². The summed E-state index contributed by atoms with van der Waals surface area (Å²) in [6, 6.07) is 4.13. The average molecular weight is 296 g/mol. The number of hydrogen-bond donors (Lipinski definition) is 1. The predicted octanol–water partition coefficient (Wildman–Crippen LogP) is 2.63. The van der Waals surface area contributed by atoms with Gasteiger partial charge in [0.1, 0.15) is 5.82 Å². The van der Waals surface area contributed by atoms with Crippen molar-refractivity contribution in [3.63, 3.8) is 0 Å². The maximum Gasteiger partial charge on any atom is 0.256 e. The molecule has 0 spiro atoms. The molecule has 0 aliphatic rings. The molecule has 0 bridgehead atoms. The van der Waals surface area contributed by atoms with E-state index in [0.717, 1.165) is 6.07 Å². The Bertz CT molecular complexity index is 548. The summed E-state index contributed by atoms with van der Waals surface area (Å²) < 4.78 is 13.5. The van der Waals surface area contributed by atoms with Gasteiger partial charge in [0.2, 0.25) is 0 Å². The minimum atomic E-state index is -0.489. The van der Waals surface area contributed by atoms with Gasteiger partial charge >= 0.3 is 0 Å². The number of nitrogens with zero attached hydrogens (tertiary/aromatic N) is 2.